The fourth-order valence-corrected chi connectivity index (χ4v) is 7.90. The van der Waals surface area contributed by atoms with E-state index in [1.165, 1.54) is 0 Å². The fourth-order valence-electron chi connectivity index (χ4n) is 7.90. The summed E-state index contributed by atoms with van der Waals surface area (Å²) >= 11 is 0. The summed E-state index contributed by atoms with van der Waals surface area (Å²) in [5.41, 5.74) is 5.09. The van der Waals surface area contributed by atoms with Crippen LogP contribution in [0, 0.1) is 5.92 Å². The Bertz CT molecular complexity index is 1600. The molecule has 7 rings (SSSR count). The molecular weight excluding hydrogens is 590 g/mol. The third kappa shape index (κ3) is 5.91. The number of aryl methyl sites for hydroxylation is 2. The van der Waals surface area contributed by atoms with Gasteiger partial charge in [0, 0.05) is 87.3 Å². The molecule has 3 aromatic rings. The van der Waals surface area contributed by atoms with Gasteiger partial charge >= 0.3 is 0 Å². The Morgan fingerprint density at radius 2 is 1.80 bits per heavy atom. The molecule has 6 heterocycles. The maximum absolute atomic E-state index is 14.6. The lowest BCUT2D eigenvalue weighted by molar-refractivity contribution is -0.133. The number of carbonyl (C=O) groups is 2. The number of hydrogen-bond donors (Lipinski definition) is 1. The molecule has 1 N–H and O–H groups in total. The number of fused-ring (bicyclic) bond motifs is 2. The predicted molar refractivity (Wildman–Crippen MR) is 171 cm³/mol. The lowest BCUT2D eigenvalue weighted by Crippen LogP contribution is -2.41. The Morgan fingerprint density at radius 1 is 1.02 bits per heavy atom. The van der Waals surface area contributed by atoms with Crippen molar-refractivity contribution in [3.63, 3.8) is 0 Å². The summed E-state index contributed by atoms with van der Waals surface area (Å²) in [7, 11) is 1.78. The first kappa shape index (κ1) is 30.8. The zero-order valence-corrected chi connectivity index (χ0v) is 26.9. The first-order valence-corrected chi connectivity index (χ1v) is 16.8. The first-order valence-electron chi connectivity index (χ1n) is 16.8. The SMILES string of the molecule is CC(=O)N1CCc2c(c(N3CCCc4cc(-c5cnn(C)c5)c(C(F)F)cc43)nn2C2CCN(C(=O)CC3CCNCC3)CC2)C1. The number of carbonyl (C=O) groups excluding carboxylic acids is 2. The van der Waals surface area contributed by atoms with E-state index in [0.717, 1.165) is 79.9 Å². The van der Waals surface area contributed by atoms with Crippen LogP contribution in [0.15, 0.2) is 24.5 Å². The molecule has 0 unspecified atom stereocenters. The van der Waals surface area contributed by atoms with Crippen LogP contribution in [0.1, 0.15) is 80.3 Å². The minimum Gasteiger partial charge on any atom is -0.343 e. The van der Waals surface area contributed by atoms with E-state index in [4.69, 9.17) is 5.10 Å². The number of benzene rings is 1. The second kappa shape index (κ2) is 12.8. The molecular formula is C34H44F2N8O2. The van der Waals surface area contributed by atoms with Crippen LogP contribution in [0.4, 0.5) is 20.3 Å². The fraction of sp³-hybridized carbons (Fsp3) is 0.588. The van der Waals surface area contributed by atoms with Gasteiger partial charge < -0.3 is 20.0 Å². The van der Waals surface area contributed by atoms with Gasteiger partial charge in [-0.05, 0) is 80.8 Å². The van der Waals surface area contributed by atoms with E-state index in [0.29, 0.717) is 62.6 Å². The number of alkyl halides is 2. The molecule has 0 atom stereocenters. The largest absolute Gasteiger partial charge is 0.343 e. The number of amides is 2. The molecule has 4 aliphatic rings. The van der Waals surface area contributed by atoms with Crippen LogP contribution < -0.4 is 10.2 Å². The average Bonchev–Trinajstić information content (AvgIpc) is 3.67. The van der Waals surface area contributed by atoms with Crippen LogP contribution in [0.25, 0.3) is 11.1 Å². The molecule has 0 radical (unpaired) electrons. The zero-order chi connectivity index (χ0) is 31.9. The van der Waals surface area contributed by atoms with E-state index in [1.807, 2.05) is 15.9 Å². The highest BCUT2D eigenvalue weighted by molar-refractivity contribution is 5.78. The number of halogens is 2. The Kier molecular flexibility index (Phi) is 8.56. The van der Waals surface area contributed by atoms with Crippen molar-refractivity contribution in [1.82, 2.24) is 34.7 Å². The van der Waals surface area contributed by atoms with Gasteiger partial charge in [0.05, 0.1) is 18.8 Å². The molecule has 2 fully saturated rings. The number of anilines is 2. The van der Waals surface area contributed by atoms with E-state index >= 15 is 0 Å². The Hall–Kier alpha value is -3.80. The van der Waals surface area contributed by atoms with Crippen molar-refractivity contribution in [2.24, 2.45) is 13.0 Å². The highest BCUT2D eigenvalue weighted by atomic mass is 19.3. The molecule has 0 saturated carbocycles. The highest BCUT2D eigenvalue weighted by Gasteiger charge is 2.35. The van der Waals surface area contributed by atoms with Crippen LogP contribution in [0.3, 0.4) is 0 Å². The lowest BCUT2D eigenvalue weighted by atomic mass is 9.92. The van der Waals surface area contributed by atoms with Crippen molar-refractivity contribution in [3.8, 4) is 11.1 Å². The van der Waals surface area contributed by atoms with E-state index in [2.05, 4.69) is 20.0 Å². The average molecular weight is 635 g/mol. The first-order chi connectivity index (χ1) is 22.3. The summed E-state index contributed by atoms with van der Waals surface area (Å²) < 4.78 is 32.9. The number of nitrogens with one attached hydrogen (secondary N) is 1. The number of likely N-dealkylation sites (tertiary alicyclic amines) is 1. The van der Waals surface area contributed by atoms with Crippen molar-refractivity contribution in [2.75, 3.05) is 44.2 Å². The Morgan fingerprint density at radius 3 is 2.50 bits per heavy atom. The Balaban J connectivity index is 1.19. The highest BCUT2D eigenvalue weighted by Crippen LogP contribution is 2.43. The summed E-state index contributed by atoms with van der Waals surface area (Å²) in [6.45, 7) is 6.73. The van der Waals surface area contributed by atoms with E-state index in [1.54, 1.807) is 37.1 Å². The molecule has 4 aliphatic heterocycles. The normalized spacial score (nSPS) is 19.5. The summed E-state index contributed by atoms with van der Waals surface area (Å²) in [6.07, 6.45) is 7.50. The second-order valence-electron chi connectivity index (χ2n) is 13.4. The number of hydrogen-bond acceptors (Lipinski definition) is 6. The topological polar surface area (TPSA) is 91.5 Å². The van der Waals surface area contributed by atoms with Crippen molar-refractivity contribution >= 4 is 23.3 Å². The van der Waals surface area contributed by atoms with Gasteiger partial charge in [-0.1, -0.05) is 0 Å². The van der Waals surface area contributed by atoms with Crippen molar-refractivity contribution < 1.29 is 18.4 Å². The van der Waals surface area contributed by atoms with Crippen LogP contribution in [-0.2, 0) is 36.0 Å². The maximum Gasteiger partial charge on any atom is 0.264 e. The van der Waals surface area contributed by atoms with Gasteiger partial charge in [-0.15, -0.1) is 0 Å². The van der Waals surface area contributed by atoms with Crippen molar-refractivity contribution in [3.05, 3.63) is 46.9 Å². The van der Waals surface area contributed by atoms with Gasteiger partial charge in [-0.25, -0.2) is 8.78 Å². The van der Waals surface area contributed by atoms with Crippen LogP contribution >= 0.6 is 0 Å². The number of piperidine rings is 2. The van der Waals surface area contributed by atoms with Gasteiger partial charge in [-0.3, -0.25) is 19.0 Å². The molecule has 0 bridgehead atoms. The van der Waals surface area contributed by atoms with E-state index < -0.39 is 6.43 Å². The standard InChI is InChI=1S/C34H44F2N8O2/c1-22(45)42-15-9-30-29(21-42)34(39-44(30)26-7-13-41(14-8-26)32(46)16-23-5-10-37-11-6-23)43-12-3-4-24-17-27(25-19-38-40(2)20-25)28(33(35)36)18-31(24)43/h17-20,23,26,33,37H,3-16,21H2,1-2H3. The van der Waals surface area contributed by atoms with Crippen molar-refractivity contribution in [1.29, 1.82) is 0 Å². The van der Waals surface area contributed by atoms with Crippen LogP contribution in [0.2, 0.25) is 0 Å². The number of aromatic nitrogens is 4. The number of rotatable bonds is 6. The summed E-state index contributed by atoms with van der Waals surface area (Å²) in [5, 5.41) is 12.8. The zero-order valence-electron chi connectivity index (χ0n) is 26.9. The Labute approximate surface area is 268 Å². The third-order valence-electron chi connectivity index (χ3n) is 10.5. The summed E-state index contributed by atoms with van der Waals surface area (Å²) in [6, 6.07) is 3.69. The molecule has 2 aromatic heterocycles. The minimum atomic E-state index is -2.65. The van der Waals surface area contributed by atoms with Crippen molar-refractivity contribution in [2.45, 2.75) is 77.3 Å². The molecule has 1 aromatic carbocycles. The molecule has 0 aliphatic carbocycles. The van der Waals surface area contributed by atoms with Gasteiger partial charge in [0.15, 0.2) is 5.82 Å². The van der Waals surface area contributed by atoms with E-state index in [9.17, 15) is 18.4 Å². The van der Waals surface area contributed by atoms with Gasteiger partial charge in [0.25, 0.3) is 6.43 Å². The summed E-state index contributed by atoms with van der Waals surface area (Å²) in [4.78, 5) is 31.6. The molecule has 246 valence electrons. The molecule has 2 amide bonds. The number of nitrogens with zero attached hydrogens (tertiary/aromatic N) is 7. The van der Waals surface area contributed by atoms with Gasteiger partial charge in [-0.2, -0.15) is 10.2 Å². The van der Waals surface area contributed by atoms with Gasteiger partial charge in [0.1, 0.15) is 0 Å². The van der Waals surface area contributed by atoms with Crippen LogP contribution in [-0.4, -0.2) is 80.4 Å². The third-order valence-corrected chi connectivity index (χ3v) is 10.5. The lowest BCUT2D eigenvalue weighted by Gasteiger charge is -2.35. The van der Waals surface area contributed by atoms with Crippen LogP contribution in [0.5, 0.6) is 0 Å². The smallest absolute Gasteiger partial charge is 0.264 e. The van der Waals surface area contributed by atoms with Gasteiger partial charge in [0.2, 0.25) is 11.8 Å². The maximum atomic E-state index is 14.6. The minimum absolute atomic E-state index is 0.0150. The molecule has 46 heavy (non-hydrogen) atoms. The second-order valence-corrected chi connectivity index (χ2v) is 13.4. The molecule has 0 spiro atoms. The van der Waals surface area contributed by atoms with E-state index in [-0.39, 0.29) is 23.4 Å². The molecule has 10 nitrogen and oxygen atoms in total. The predicted octanol–water partition coefficient (Wildman–Crippen LogP) is 4.76. The molecule has 2 saturated heterocycles. The summed E-state index contributed by atoms with van der Waals surface area (Å²) in [5.74, 6) is 1.51. The quantitative estimate of drug-likeness (QED) is 0.421. The molecule has 12 heteroatoms. The monoisotopic (exact) mass is 634 g/mol.